The molecule has 0 amide bonds. The highest BCUT2D eigenvalue weighted by Gasteiger charge is 2.24. The van der Waals surface area contributed by atoms with Crippen LogP contribution in [0.4, 0.5) is 0 Å². The molecule has 0 bridgehead atoms. The van der Waals surface area contributed by atoms with E-state index < -0.39 is 12.1 Å². The van der Waals surface area contributed by atoms with Crippen LogP contribution in [0.5, 0.6) is 23.0 Å². The third kappa shape index (κ3) is 10.2. The van der Waals surface area contributed by atoms with Crippen molar-refractivity contribution in [2.75, 3.05) is 52.5 Å². The van der Waals surface area contributed by atoms with Crippen LogP contribution in [-0.4, -0.2) is 84.9 Å². The molecule has 0 aromatic heterocycles. The first-order chi connectivity index (χ1) is 24.6. The molecule has 4 aromatic rings. The van der Waals surface area contributed by atoms with E-state index in [0.717, 1.165) is 50.4 Å². The lowest BCUT2D eigenvalue weighted by molar-refractivity contribution is 0.183. The Kier molecular flexibility index (Phi) is 12.9. The van der Waals surface area contributed by atoms with Gasteiger partial charge in [-0.25, -0.2) is 0 Å². The topological polar surface area (TPSA) is 90.1 Å². The molecule has 2 fully saturated rings. The number of benzene rings is 4. The van der Waals surface area contributed by atoms with Crippen molar-refractivity contribution in [1.82, 2.24) is 9.80 Å². The van der Waals surface area contributed by atoms with Crippen molar-refractivity contribution >= 4 is 12.4 Å². The highest BCUT2D eigenvalue weighted by atomic mass is 16.5. The maximum Gasteiger partial charge on any atom is 0.128 e. The second kappa shape index (κ2) is 18.4. The summed E-state index contributed by atoms with van der Waals surface area (Å²) in [5, 5.41) is 21.9. The highest BCUT2D eigenvalue weighted by molar-refractivity contribution is 5.85. The molecule has 2 N–H and O–H groups in total. The van der Waals surface area contributed by atoms with E-state index in [-0.39, 0.29) is 11.5 Å². The molecule has 2 saturated heterocycles. The smallest absolute Gasteiger partial charge is 0.128 e. The Labute approximate surface area is 296 Å². The third-order valence-electron chi connectivity index (χ3n) is 9.58. The number of piperidine rings is 2. The monoisotopic (exact) mass is 674 g/mol. The van der Waals surface area contributed by atoms with Gasteiger partial charge in [-0.05, 0) is 87.3 Å². The van der Waals surface area contributed by atoms with Crippen LogP contribution in [0, 0.1) is 0 Å². The van der Waals surface area contributed by atoms with Gasteiger partial charge in [0.1, 0.15) is 48.3 Å². The number of aromatic hydroxyl groups is 2. The fourth-order valence-electron chi connectivity index (χ4n) is 6.72. The Bertz CT molecular complexity index is 1540. The molecular formula is C42H50N4O4. The van der Waals surface area contributed by atoms with Crippen molar-refractivity contribution in [2.45, 2.75) is 50.6 Å². The molecule has 2 heterocycles. The summed E-state index contributed by atoms with van der Waals surface area (Å²) in [4.78, 5) is 15.0. The quantitative estimate of drug-likeness (QED) is 0.125. The SMILES string of the molecule is Oc1cc(OCCN2CCCCC2)ccc1C=N[C@H](c1ccccc1)[C@@H](N=Cc1ccc(OCCN2CCCCC2)cc1O)c1ccccc1. The molecule has 2 aliphatic heterocycles. The Hall–Kier alpha value is -4.66. The lowest BCUT2D eigenvalue weighted by Crippen LogP contribution is -2.33. The van der Waals surface area contributed by atoms with Gasteiger partial charge in [0.25, 0.3) is 0 Å². The summed E-state index contributed by atoms with van der Waals surface area (Å²) in [6.45, 7) is 7.46. The summed E-state index contributed by atoms with van der Waals surface area (Å²) in [7, 11) is 0. The summed E-state index contributed by atoms with van der Waals surface area (Å²) in [6.07, 6.45) is 11.0. The minimum Gasteiger partial charge on any atom is -0.507 e. The van der Waals surface area contributed by atoms with Crippen LogP contribution in [0.15, 0.2) is 107 Å². The van der Waals surface area contributed by atoms with Crippen LogP contribution >= 0.6 is 0 Å². The molecular weight excluding hydrogens is 624 g/mol. The van der Waals surface area contributed by atoms with E-state index in [1.54, 1.807) is 24.6 Å². The van der Waals surface area contributed by atoms with Crippen molar-refractivity contribution in [3.8, 4) is 23.0 Å². The molecule has 262 valence electrons. The zero-order chi connectivity index (χ0) is 34.4. The summed E-state index contributed by atoms with van der Waals surface area (Å²) < 4.78 is 12.0. The molecule has 6 rings (SSSR count). The van der Waals surface area contributed by atoms with Gasteiger partial charge in [0.15, 0.2) is 0 Å². The largest absolute Gasteiger partial charge is 0.507 e. The fourth-order valence-corrected chi connectivity index (χ4v) is 6.72. The first-order valence-corrected chi connectivity index (χ1v) is 18.1. The number of ether oxygens (including phenoxy) is 2. The standard InChI is InChI=1S/C42H50N4O4/c47-39-29-37(49-27-25-45-21-9-3-10-22-45)19-17-35(39)31-43-41(33-13-5-1-6-14-33)42(34-15-7-2-8-16-34)44-32-36-18-20-38(30-40(36)48)50-28-26-46-23-11-4-12-24-46/h1-2,5-8,13-20,29-32,41-42,47-48H,3-4,9-12,21-28H2/t41-,42+. The second-order valence-electron chi connectivity index (χ2n) is 13.2. The van der Waals surface area contributed by atoms with E-state index in [2.05, 4.69) is 9.80 Å². The third-order valence-corrected chi connectivity index (χ3v) is 9.58. The van der Waals surface area contributed by atoms with E-state index in [4.69, 9.17) is 19.5 Å². The average Bonchev–Trinajstić information content (AvgIpc) is 3.16. The van der Waals surface area contributed by atoms with E-state index in [1.165, 1.54) is 38.5 Å². The summed E-state index contributed by atoms with van der Waals surface area (Å²) in [5.74, 6) is 1.50. The van der Waals surface area contributed by atoms with Crippen LogP contribution in [0.2, 0.25) is 0 Å². The van der Waals surface area contributed by atoms with Crippen LogP contribution in [0.25, 0.3) is 0 Å². The number of aliphatic imine (C=N–C) groups is 2. The number of hydrogen-bond donors (Lipinski definition) is 2. The summed E-state index contributed by atoms with van der Waals surface area (Å²) >= 11 is 0. The maximum atomic E-state index is 11.0. The predicted octanol–water partition coefficient (Wildman–Crippen LogP) is 7.85. The second-order valence-corrected chi connectivity index (χ2v) is 13.2. The van der Waals surface area contributed by atoms with Gasteiger partial charge in [0.2, 0.25) is 0 Å². The van der Waals surface area contributed by atoms with E-state index in [9.17, 15) is 10.2 Å². The maximum absolute atomic E-state index is 11.0. The van der Waals surface area contributed by atoms with Crippen molar-refractivity contribution in [3.05, 3.63) is 119 Å². The van der Waals surface area contributed by atoms with Gasteiger partial charge in [0.05, 0.1) is 0 Å². The van der Waals surface area contributed by atoms with Gasteiger partial charge in [-0.2, -0.15) is 0 Å². The first kappa shape index (κ1) is 35.2. The molecule has 2 atom stereocenters. The molecule has 50 heavy (non-hydrogen) atoms. The van der Waals surface area contributed by atoms with Gasteiger partial charge in [-0.1, -0.05) is 73.5 Å². The Morgan fingerprint density at radius 2 is 0.940 bits per heavy atom. The molecule has 8 nitrogen and oxygen atoms in total. The number of phenolic OH excluding ortho intramolecular Hbond substituents is 2. The number of hydrogen-bond acceptors (Lipinski definition) is 8. The molecule has 0 aliphatic carbocycles. The van der Waals surface area contributed by atoms with Crippen LogP contribution < -0.4 is 9.47 Å². The van der Waals surface area contributed by atoms with Gasteiger partial charge in [0, 0.05) is 48.8 Å². The average molecular weight is 675 g/mol. The minimum atomic E-state index is -0.408. The van der Waals surface area contributed by atoms with Crippen molar-refractivity contribution in [3.63, 3.8) is 0 Å². The van der Waals surface area contributed by atoms with Crippen molar-refractivity contribution in [2.24, 2.45) is 9.98 Å². The van der Waals surface area contributed by atoms with Gasteiger partial charge < -0.3 is 19.7 Å². The normalized spacial score (nSPS) is 17.2. The van der Waals surface area contributed by atoms with Gasteiger partial charge in [-0.15, -0.1) is 0 Å². The molecule has 0 radical (unpaired) electrons. The van der Waals surface area contributed by atoms with Crippen LogP contribution in [0.3, 0.4) is 0 Å². The first-order valence-electron chi connectivity index (χ1n) is 18.1. The molecule has 8 heteroatoms. The zero-order valence-electron chi connectivity index (χ0n) is 28.9. The number of phenols is 2. The molecule has 2 aliphatic rings. The minimum absolute atomic E-state index is 0.110. The summed E-state index contributed by atoms with van der Waals surface area (Å²) in [5.41, 5.74) is 3.15. The molecule has 0 unspecified atom stereocenters. The van der Waals surface area contributed by atoms with E-state index >= 15 is 0 Å². The van der Waals surface area contributed by atoms with Crippen molar-refractivity contribution < 1.29 is 19.7 Å². The zero-order valence-corrected chi connectivity index (χ0v) is 28.9. The number of nitrogens with zero attached hydrogens (tertiary/aromatic N) is 4. The Balaban J connectivity index is 1.18. The molecule has 0 saturated carbocycles. The number of rotatable bonds is 15. The van der Waals surface area contributed by atoms with Crippen LogP contribution in [0.1, 0.15) is 72.9 Å². The Morgan fingerprint density at radius 3 is 1.32 bits per heavy atom. The molecule has 0 spiro atoms. The molecule has 4 aromatic carbocycles. The number of likely N-dealkylation sites (tertiary alicyclic amines) is 2. The fraction of sp³-hybridized carbons (Fsp3) is 0.381. The Morgan fingerprint density at radius 1 is 0.540 bits per heavy atom. The van der Waals surface area contributed by atoms with E-state index in [0.29, 0.717) is 35.8 Å². The van der Waals surface area contributed by atoms with Crippen molar-refractivity contribution in [1.29, 1.82) is 0 Å². The lowest BCUT2D eigenvalue weighted by Gasteiger charge is -2.26. The predicted molar refractivity (Wildman–Crippen MR) is 201 cm³/mol. The van der Waals surface area contributed by atoms with Crippen LogP contribution in [-0.2, 0) is 0 Å². The highest BCUT2D eigenvalue weighted by Crippen LogP contribution is 2.36. The van der Waals surface area contributed by atoms with E-state index in [1.807, 2.05) is 84.9 Å². The lowest BCUT2D eigenvalue weighted by atomic mass is 9.94. The van der Waals surface area contributed by atoms with Gasteiger partial charge in [-0.3, -0.25) is 19.8 Å². The van der Waals surface area contributed by atoms with Gasteiger partial charge >= 0.3 is 0 Å². The summed E-state index contributed by atoms with van der Waals surface area (Å²) in [6, 6.07) is 30.0.